The minimum Gasteiger partial charge on any atom is -0.497 e. The third-order valence-corrected chi connectivity index (χ3v) is 3.60. The van der Waals surface area contributed by atoms with Crippen molar-refractivity contribution in [2.24, 2.45) is 5.92 Å². The lowest BCUT2D eigenvalue weighted by Gasteiger charge is -2.06. The number of hydrogen-bond acceptors (Lipinski definition) is 2. The number of nitrogens with zero attached hydrogens (tertiary/aromatic N) is 1. The Balaban J connectivity index is 1.76. The van der Waals surface area contributed by atoms with Gasteiger partial charge in [0.1, 0.15) is 11.6 Å². The van der Waals surface area contributed by atoms with Crippen molar-refractivity contribution in [2.45, 2.75) is 19.4 Å². The lowest BCUT2D eigenvalue weighted by molar-refractivity contribution is 0.0967. The predicted molar refractivity (Wildman–Crippen MR) is 73.5 cm³/mol. The Morgan fingerprint density at radius 1 is 1.40 bits per heavy atom. The number of rotatable bonds is 5. The summed E-state index contributed by atoms with van der Waals surface area (Å²) in [6.45, 7) is 0.410. The molecule has 104 valence electrons. The van der Waals surface area contributed by atoms with Gasteiger partial charge in [0, 0.05) is 42.0 Å². The Morgan fingerprint density at radius 2 is 2.20 bits per heavy atom. The van der Waals surface area contributed by atoms with Gasteiger partial charge in [-0.05, 0) is 25.0 Å². The van der Waals surface area contributed by atoms with Gasteiger partial charge in [-0.25, -0.2) is 4.39 Å². The number of ether oxygens (including phenoxy) is 1. The first-order chi connectivity index (χ1) is 9.67. The number of ketones is 1. The molecule has 0 unspecified atom stereocenters. The van der Waals surface area contributed by atoms with Gasteiger partial charge in [0.25, 0.3) is 0 Å². The average molecular weight is 273 g/mol. The third-order valence-electron chi connectivity index (χ3n) is 3.60. The predicted octanol–water partition coefficient (Wildman–Crippen LogP) is 3.28. The molecule has 0 amide bonds. The van der Waals surface area contributed by atoms with E-state index < -0.39 is 0 Å². The summed E-state index contributed by atoms with van der Waals surface area (Å²) in [5.74, 6) is 0.624. The highest BCUT2D eigenvalue weighted by Gasteiger charge is 2.30. The molecule has 1 fully saturated rings. The van der Waals surface area contributed by atoms with Gasteiger partial charge in [-0.1, -0.05) is 6.07 Å². The molecule has 0 radical (unpaired) electrons. The van der Waals surface area contributed by atoms with E-state index in [1.807, 2.05) is 16.8 Å². The molecule has 0 N–H and O–H groups in total. The minimum atomic E-state index is -0.298. The standard InChI is InChI=1S/C16H16FNO2/c1-20-14-5-4-12(15(17)8-14)9-18-7-6-13(10-18)16(19)11-2-3-11/h4-8,10-11H,2-3,9H2,1H3. The molecule has 3 nitrogen and oxygen atoms in total. The zero-order valence-corrected chi connectivity index (χ0v) is 11.3. The fourth-order valence-electron chi connectivity index (χ4n) is 2.25. The van der Waals surface area contributed by atoms with Crippen LogP contribution in [0, 0.1) is 11.7 Å². The van der Waals surface area contributed by atoms with Gasteiger partial charge in [-0.15, -0.1) is 0 Å². The second-order valence-electron chi connectivity index (χ2n) is 5.17. The van der Waals surface area contributed by atoms with Gasteiger partial charge in [0.05, 0.1) is 7.11 Å². The monoisotopic (exact) mass is 273 g/mol. The fourth-order valence-corrected chi connectivity index (χ4v) is 2.25. The number of Topliss-reactive ketones (excluding diaryl/α,β-unsaturated/α-hetero) is 1. The van der Waals surface area contributed by atoms with Crippen LogP contribution in [0.2, 0.25) is 0 Å². The molecule has 1 aromatic carbocycles. The Hall–Kier alpha value is -2.10. The van der Waals surface area contributed by atoms with E-state index in [0.29, 0.717) is 17.9 Å². The average Bonchev–Trinajstić information content (AvgIpc) is 3.20. The summed E-state index contributed by atoms with van der Waals surface area (Å²) in [7, 11) is 1.51. The van der Waals surface area contributed by atoms with Crippen molar-refractivity contribution < 1.29 is 13.9 Å². The van der Waals surface area contributed by atoms with Gasteiger partial charge >= 0.3 is 0 Å². The molecule has 20 heavy (non-hydrogen) atoms. The summed E-state index contributed by atoms with van der Waals surface area (Å²) >= 11 is 0. The molecule has 0 bridgehead atoms. The van der Waals surface area contributed by atoms with Crippen molar-refractivity contribution in [2.75, 3.05) is 7.11 Å². The second kappa shape index (κ2) is 5.12. The number of halogens is 1. The summed E-state index contributed by atoms with van der Waals surface area (Å²) in [5.41, 5.74) is 1.30. The molecule has 1 aliphatic rings. The first-order valence-electron chi connectivity index (χ1n) is 6.70. The number of benzene rings is 1. The Labute approximate surface area is 117 Å². The normalized spacial score (nSPS) is 14.3. The largest absolute Gasteiger partial charge is 0.497 e. The lowest BCUT2D eigenvalue weighted by atomic mass is 10.1. The summed E-state index contributed by atoms with van der Waals surface area (Å²) in [4.78, 5) is 11.9. The van der Waals surface area contributed by atoms with Crippen LogP contribution in [0.5, 0.6) is 5.75 Å². The molecule has 0 saturated heterocycles. The first kappa shape index (κ1) is 12.9. The van der Waals surface area contributed by atoms with Gasteiger partial charge in [0.2, 0.25) is 0 Å². The molecular formula is C16H16FNO2. The smallest absolute Gasteiger partial charge is 0.167 e. The fraction of sp³-hybridized carbons (Fsp3) is 0.312. The zero-order chi connectivity index (χ0) is 14.1. The van der Waals surface area contributed by atoms with Crippen molar-refractivity contribution in [3.05, 3.63) is 53.6 Å². The van der Waals surface area contributed by atoms with Crippen LogP contribution < -0.4 is 4.74 Å². The Kier molecular flexibility index (Phi) is 3.30. The summed E-state index contributed by atoms with van der Waals surface area (Å²) < 4.78 is 20.7. The van der Waals surface area contributed by atoms with Crippen LogP contribution in [0.3, 0.4) is 0 Å². The van der Waals surface area contributed by atoms with Crippen molar-refractivity contribution >= 4 is 5.78 Å². The van der Waals surface area contributed by atoms with Gasteiger partial charge in [0.15, 0.2) is 5.78 Å². The van der Waals surface area contributed by atoms with E-state index in [4.69, 9.17) is 4.74 Å². The maximum absolute atomic E-state index is 13.9. The van der Waals surface area contributed by atoms with E-state index in [0.717, 1.165) is 18.4 Å². The highest BCUT2D eigenvalue weighted by atomic mass is 19.1. The van der Waals surface area contributed by atoms with E-state index in [1.54, 1.807) is 18.3 Å². The van der Waals surface area contributed by atoms with Gasteiger partial charge in [-0.3, -0.25) is 4.79 Å². The molecule has 3 rings (SSSR count). The van der Waals surface area contributed by atoms with Crippen molar-refractivity contribution in [1.29, 1.82) is 0 Å². The van der Waals surface area contributed by atoms with E-state index in [1.165, 1.54) is 13.2 Å². The Morgan fingerprint density at radius 3 is 2.85 bits per heavy atom. The third kappa shape index (κ3) is 2.59. The van der Waals surface area contributed by atoms with E-state index in [2.05, 4.69) is 0 Å². The molecule has 1 aliphatic carbocycles. The molecule has 1 heterocycles. The number of methoxy groups -OCH3 is 1. The molecule has 4 heteroatoms. The van der Waals surface area contributed by atoms with Gasteiger partial charge in [-0.2, -0.15) is 0 Å². The molecule has 0 aliphatic heterocycles. The number of carbonyl (C=O) groups excluding carboxylic acids is 1. The van der Waals surface area contributed by atoms with E-state index in [-0.39, 0.29) is 17.5 Å². The lowest BCUT2D eigenvalue weighted by Crippen LogP contribution is -2.02. The van der Waals surface area contributed by atoms with Crippen LogP contribution in [-0.4, -0.2) is 17.5 Å². The topological polar surface area (TPSA) is 31.2 Å². The van der Waals surface area contributed by atoms with E-state index in [9.17, 15) is 9.18 Å². The van der Waals surface area contributed by atoms with Gasteiger partial charge < -0.3 is 9.30 Å². The Bertz CT molecular complexity index is 644. The number of aromatic nitrogens is 1. The van der Waals surface area contributed by atoms with Crippen LogP contribution in [0.4, 0.5) is 4.39 Å². The first-order valence-corrected chi connectivity index (χ1v) is 6.70. The number of carbonyl (C=O) groups is 1. The van der Waals surface area contributed by atoms with Crippen molar-refractivity contribution in [3.63, 3.8) is 0 Å². The molecule has 1 saturated carbocycles. The SMILES string of the molecule is COc1ccc(Cn2ccc(C(=O)C3CC3)c2)c(F)c1. The second-order valence-corrected chi connectivity index (χ2v) is 5.17. The van der Waals surface area contributed by atoms with Crippen LogP contribution in [0.15, 0.2) is 36.7 Å². The summed E-state index contributed by atoms with van der Waals surface area (Å²) in [5, 5.41) is 0. The molecule has 0 spiro atoms. The molecule has 2 aromatic rings. The quantitative estimate of drug-likeness (QED) is 0.783. The zero-order valence-electron chi connectivity index (χ0n) is 11.3. The minimum absolute atomic E-state index is 0.207. The molecular weight excluding hydrogens is 257 g/mol. The summed E-state index contributed by atoms with van der Waals surface area (Å²) in [6, 6.07) is 6.62. The van der Waals surface area contributed by atoms with Crippen LogP contribution in [-0.2, 0) is 6.54 Å². The molecule has 0 atom stereocenters. The highest BCUT2D eigenvalue weighted by molar-refractivity contribution is 5.99. The van der Waals surface area contributed by atoms with Crippen molar-refractivity contribution in [3.8, 4) is 5.75 Å². The van der Waals surface area contributed by atoms with Crippen molar-refractivity contribution in [1.82, 2.24) is 4.57 Å². The molecule has 1 aromatic heterocycles. The number of hydrogen-bond donors (Lipinski definition) is 0. The maximum atomic E-state index is 13.9. The summed E-state index contributed by atoms with van der Waals surface area (Å²) in [6.07, 6.45) is 5.61. The van der Waals surface area contributed by atoms with Crippen LogP contribution >= 0.6 is 0 Å². The highest BCUT2D eigenvalue weighted by Crippen LogP contribution is 2.32. The maximum Gasteiger partial charge on any atom is 0.167 e. The van der Waals surface area contributed by atoms with E-state index >= 15 is 0 Å². The van der Waals surface area contributed by atoms with Crippen LogP contribution in [0.1, 0.15) is 28.8 Å². The van der Waals surface area contributed by atoms with Crippen LogP contribution in [0.25, 0.3) is 0 Å².